The van der Waals surface area contributed by atoms with E-state index in [1.54, 1.807) is 0 Å². The third kappa shape index (κ3) is 1.32. The van der Waals surface area contributed by atoms with Crippen LogP contribution >= 0.6 is 0 Å². The van der Waals surface area contributed by atoms with Crippen LogP contribution in [0.4, 0.5) is 0 Å². The van der Waals surface area contributed by atoms with Crippen molar-refractivity contribution < 1.29 is 4.74 Å². The molecule has 1 fully saturated rings. The summed E-state index contributed by atoms with van der Waals surface area (Å²) in [6.07, 6.45) is 7.49. The Morgan fingerprint density at radius 3 is 2.73 bits per heavy atom. The normalized spacial score (nSPS) is 34.5. The van der Waals surface area contributed by atoms with Crippen molar-refractivity contribution in [2.45, 2.75) is 38.4 Å². The number of rotatable bonds is 3. The Kier molecular flexibility index (Phi) is 2.06. The molecule has 0 aromatic heterocycles. The highest BCUT2D eigenvalue weighted by atomic mass is 16.6. The van der Waals surface area contributed by atoms with Crippen molar-refractivity contribution in [1.82, 2.24) is 0 Å². The van der Waals surface area contributed by atoms with E-state index in [1.807, 2.05) is 6.92 Å². The average Bonchev–Trinajstić information content (AvgIpc) is 2.65. The van der Waals surface area contributed by atoms with Crippen molar-refractivity contribution in [2.24, 2.45) is 0 Å². The summed E-state index contributed by atoms with van der Waals surface area (Å²) in [5.74, 6) is 2.70. The Bertz CT molecular complexity index is 211. The molecule has 0 amide bonds. The number of ether oxygens (including phenoxy) is 1. The lowest BCUT2D eigenvalue weighted by molar-refractivity contribution is 0.331. The molecule has 1 nitrogen and oxygen atoms in total. The van der Waals surface area contributed by atoms with Gasteiger partial charge in [-0.05, 0) is 18.9 Å². The molecular formula is C10H14O. The van der Waals surface area contributed by atoms with Crippen molar-refractivity contribution in [3.63, 3.8) is 0 Å². The fourth-order valence-electron chi connectivity index (χ4n) is 1.42. The van der Waals surface area contributed by atoms with Crippen molar-refractivity contribution >= 4 is 0 Å². The summed E-state index contributed by atoms with van der Waals surface area (Å²) in [5.41, 5.74) is 0.747. The summed E-state index contributed by atoms with van der Waals surface area (Å²) in [7, 11) is 0. The van der Waals surface area contributed by atoms with Crippen LogP contribution < -0.4 is 0 Å². The maximum absolute atomic E-state index is 5.42. The van der Waals surface area contributed by atoms with E-state index in [9.17, 15) is 0 Å². The summed E-state index contributed by atoms with van der Waals surface area (Å²) < 4.78 is 5.42. The van der Waals surface area contributed by atoms with E-state index in [2.05, 4.69) is 19.4 Å². The van der Waals surface area contributed by atoms with Gasteiger partial charge in [0.25, 0.3) is 0 Å². The quantitative estimate of drug-likeness (QED) is 0.341. The molecule has 0 radical (unpaired) electrons. The molecule has 0 aromatic rings. The molecule has 1 heteroatoms. The van der Waals surface area contributed by atoms with Gasteiger partial charge in [0.05, 0.1) is 0 Å². The summed E-state index contributed by atoms with van der Waals surface area (Å²) in [6, 6.07) is 0. The van der Waals surface area contributed by atoms with Crippen LogP contribution in [0.15, 0.2) is 12.2 Å². The first-order chi connectivity index (χ1) is 5.16. The molecule has 11 heavy (non-hydrogen) atoms. The van der Waals surface area contributed by atoms with Gasteiger partial charge in [0.1, 0.15) is 6.10 Å². The second kappa shape index (κ2) is 2.71. The second-order valence-electron chi connectivity index (χ2n) is 3.13. The van der Waals surface area contributed by atoms with E-state index < -0.39 is 0 Å². The predicted molar refractivity (Wildman–Crippen MR) is 46.2 cm³/mol. The van der Waals surface area contributed by atoms with Gasteiger partial charge in [-0.15, -0.1) is 6.42 Å². The molecule has 0 bridgehead atoms. The monoisotopic (exact) mass is 150 g/mol. The van der Waals surface area contributed by atoms with Crippen LogP contribution in [-0.2, 0) is 4.74 Å². The molecule has 1 saturated heterocycles. The lowest BCUT2D eigenvalue weighted by Crippen LogP contribution is -2.11. The van der Waals surface area contributed by atoms with E-state index in [-0.39, 0.29) is 11.7 Å². The summed E-state index contributed by atoms with van der Waals surface area (Å²) in [4.78, 5) is 0. The van der Waals surface area contributed by atoms with Crippen LogP contribution in [0.1, 0.15) is 26.7 Å². The molecule has 1 aliphatic heterocycles. The van der Waals surface area contributed by atoms with E-state index in [1.165, 1.54) is 0 Å². The van der Waals surface area contributed by atoms with Crippen LogP contribution in [0.5, 0.6) is 0 Å². The third-order valence-corrected chi connectivity index (χ3v) is 2.01. The highest BCUT2D eigenvalue weighted by Gasteiger charge is 2.54. The molecule has 1 rings (SSSR count). The van der Waals surface area contributed by atoms with Gasteiger partial charge in [-0.1, -0.05) is 25.8 Å². The zero-order chi connectivity index (χ0) is 8.48. The van der Waals surface area contributed by atoms with Crippen LogP contribution in [0.3, 0.4) is 0 Å². The minimum atomic E-state index is -0.291. The molecule has 1 heterocycles. The standard InChI is InChI=1S/C10H14O/c1-5-7-10(6-2)9(11-10)8(3)4/h2,9H,3,5,7H2,1,4H3. The minimum absolute atomic E-state index is 0.118. The summed E-state index contributed by atoms with van der Waals surface area (Å²) >= 11 is 0. The predicted octanol–water partition coefficient (Wildman–Crippen LogP) is 2.13. The number of terminal acetylenes is 1. The summed E-state index contributed by atoms with van der Waals surface area (Å²) in [6.45, 7) is 7.89. The van der Waals surface area contributed by atoms with E-state index >= 15 is 0 Å². The van der Waals surface area contributed by atoms with E-state index in [0.717, 1.165) is 18.4 Å². The second-order valence-corrected chi connectivity index (χ2v) is 3.13. The number of epoxide rings is 1. The van der Waals surface area contributed by atoms with Crippen molar-refractivity contribution in [1.29, 1.82) is 0 Å². The van der Waals surface area contributed by atoms with Gasteiger partial charge in [-0.3, -0.25) is 0 Å². The molecule has 0 N–H and O–H groups in total. The number of hydrogen-bond donors (Lipinski definition) is 0. The highest BCUT2D eigenvalue weighted by molar-refractivity contribution is 5.30. The molecule has 0 spiro atoms. The van der Waals surface area contributed by atoms with E-state index in [4.69, 9.17) is 11.2 Å². The Balaban J connectivity index is 2.58. The van der Waals surface area contributed by atoms with Crippen molar-refractivity contribution in [2.75, 3.05) is 0 Å². The smallest absolute Gasteiger partial charge is 0.159 e. The van der Waals surface area contributed by atoms with Gasteiger partial charge in [0.15, 0.2) is 5.60 Å². The number of hydrogen-bond acceptors (Lipinski definition) is 1. The maximum Gasteiger partial charge on any atom is 0.159 e. The van der Waals surface area contributed by atoms with Crippen LogP contribution in [0.25, 0.3) is 0 Å². The first-order valence-electron chi connectivity index (χ1n) is 3.97. The van der Waals surface area contributed by atoms with Gasteiger partial charge >= 0.3 is 0 Å². The Hall–Kier alpha value is -0.740. The lowest BCUT2D eigenvalue weighted by atomic mass is 9.97. The molecule has 0 saturated carbocycles. The summed E-state index contributed by atoms with van der Waals surface area (Å²) in [5, 5.41) is 0. The molecular weight excluding hydrogens is 136 g/mol. The molecule has 2 unspecified atom stereocenters. The largest absolute Gasteiger partial charge is 0.348 e. The highest BCUT2D eigenvalue weighted by Crippen LogP contribution is 2.43. The minimum Gasteiger partial charge on any atom is -0.348 e. The van der Waals surface area contributed by atoms with Gasteiger partial charge in [0.2, 0.25) is 0 Å². The average molecular weight is 150 g/mol. The first-order valence-corrected chi connectivity index (χ1v) is 3.97. The molecule has 60 valence electrons. The topological polar surface area (TPSA) is 12.5 Å². The van der Waals surface area contributed by atoms with Gasteiger partial charge in [-0.2, -0.15) is 0 Å². The van der Waals surface area contributed by atoms with Gasteiger partial charge in [0, 0.05) is 0 Å². The maximum atomic E-state index is 5.42. The van der Waals surface area contributed by atoms with Gasteiger partial charge in [-0.25, -0.2) is 0 Å². The van der Waals surface area contributed by atoms with Crippen molar-refractivity contribution in [3.05, 3.63) is 12.2 Å². The first kappa shape index (κ1) is 8.36. The molecule has 2 atom stereocenters. The van der Waals surface area contributed by atoms with Crippen LogP contribution in [0, 0.1) is 12.3 Å². The Labute approximate surface area is 68.4 Å². The van der Waals surface area contributed by atoms with E-state index in [0.29, 0.717) is 0 Å². The Morgan fingerprint density at radius 1 is 1.82 bits per heavy atom. The van der Waals surface area contributed by atoms with Gasteiger partial charge < -0.3 is 4.74 Å². The molecule has 0 aliphatic carbocycles. The fourth-order valence-corrected chi connectivity index (χ4v) is 1.42. The lowest BCUT2D eigenvalue weighted by Gasteiger charge is -2.01. The fraction of sp³-hybridized carbons (Fsp3) is 0.600. The molecule has 0 aromatic carbocycles. The Morgan fingerprint density at radius 2 is 2.45 bits per heavy atom. The van der Waals surface area contributed by atoms with Crippen LogP contribution in [0.2, 0.25) is 0 Å². The van der Waals surface area contributed by atoms with Crippen molar-refractivity contribution in [3.8, 4) is 12.3 Å². The third-order valence-electron chi connectivity index (χ3n) is 2.01. The zero-order valence-electron chi connectivity index (χ0n) is 7.18. The SMILES string of the molecule is C#CC1(CCC)OC1C(=C)C. The molecule has 1 aliphatic rings. The zero-order valence-corrected chi connectivity index (χ0v) is 7.18. The van der Waals surface area contributed by atoms with Crippen LogP contribution in [-0.4, -0.2) is 11.7 Å².